The summed E-state index contributed by atoms with van der Waals surface area (Å²) in [5.74, 6) is 0. The van der Waals surface area contributed by atoms with E-state index in [1.54, 1.807) is 0 Å². The van der Waals surface area contributed by atoms with Crippen LogP contribution >= 0.6 is 0 Å². The Morgan fingerprint density at radius 3 is 1.12 bits per heavy atom. The van der Waals surface area contributed by atoms with Crippen LogP contribution in [-0.2, 0) is 4.12 Å². The lowest BCUT2D eigenvalue weighted by Gasteiger charge is -2.07. The molecule has 0 aliphatic rings. The molecule has 0 aromatic carbocycles. The number of rotatable bonds is 2. The van der Waals surface area contributed by atoms with Crippen LogP contribution in [0.5, 0.6) is 0 Å². The Balaban J connectivity index is 0. The van der Waals surface area contributed by atoms with Gasteiger partial charge in [0.1, 0.15) is 0 Å². The smallest absolute Gasteiger partial charge is 0.156 e. The normalized spacial score (nSPS) is 9.75. The van der Waals surface area contributed by atoms with Crippen LogP contribution in [0.1, 0.15) is 7.43 Å². The largest absolute Gasteiger partial charge is 0.461 e. The van der Waals surface area contributed by atoms with E-state index in [9.17, 15) is 0 Å². The number of hydrogen-bond donors (Lipinski definition) is 0. The second kappa shape index (κ2) is 5.53. The van der Waals surface area contributed by atoms with E-state index < -0.39 is 18.1 Å². The Morgan fingerprint density at radius 1 is 0.875 bits per heavy atom. The first kappa shape index (κ1) is 11.2. The molecule has 0 aromatic heterocycles. The molecule has 0 saturated heterocycles. The molecule has 0 spiro atoms. The van der Waals surface area contributed by atoms with Gasteiger partial charge in [0.05, 0.1) is 0 Å². The molecule has 0 saturated carbocycles. The number of hydrogen-bond acceptors (Lipinski definition) is 1. The van der Waals surface area contributed by atoms with Crippen LogP contribution in [0.3, 0.4) is 0 Å². The van der Waals surface area contributed by atoms with Crippen LogP contribution in [0.25, 0.3) is 0 Å². The minimum Gasteiger partial charge on any atom is -0.461 e. The van der Waals surface area contributed by atoms with Crippen LogP contribution < -0.4 is 0 Å². The van der Waals surface area contributed by atoms with Gasteiger partial charge in [-0.25, -0.2) is 0 Å². The molecule has 0 bridgehead atoms. The van der Waals surface area contributed by atoms with Crippen LogP contribution in [0, 0.1) is 0 Å². The Hall–Kier alpha value is 0.394. The molecule has 0 aromatic rings. The lowest BCUT2D eigenvalue weighted by atomic mass is 11.9. The van der Waals surface area contributed by atoms with Gasteiger partial charge in [0.25, 0.3) is 0 Å². The van der Waals surface area contributed by atoms with Crippen LogP contribution in [0.4, 0.5) is 0 Å². The standard InChI is InChI=1S/C4H14OSi2.CH4/c1-6(2)5-7(3)4;/h6-7H,1-4H3;1H4. The summed E-state index contributed by atoms with van der Waals surface area (Å²) in [6.07, 6.45) is 0. The monoisotopic (exact) mass is 150 g/mol. The van der Waals surface area contributed by atoms with Crippen molar-refractivity contribution in [3.05, 3.63) is 0 Å². The lowest BCUT2D eigenvalue weighted by Crippen LogP contribution is -2.17. The molecule has 0 unspecified atom stereocenters. The molecule has 0 N–H and O–H groups in total. The molecule has 0 aliphatic heterocycles. The first-order valence-corrected chi connectivity index (χ1v) is 8.34. The Bertz CT molecular complexity index is 39.7. The third-order valence-corrected chi connectivity index (χ3v) is 4.90. The molecule has 0 fully saturated rings. The van der Waals surface area contributed by atoms with Crippen molar-refractivity contribution in [3.63, 3.8) is 0 Å². The highest BCUT2D eigenvalue weighted by Crippen LogP contribution is 1.87. The molecule has 0 aliphatic carbocycles. The van der Waals surface area contributed by atoms with Crippen molar-refractivity contribution in [3.8, 4) is 0 Å². The minimum atomic E-state index is -0.667. The first-order chi connectivity index (χ1) is 3.13. The molecular weight excluding hydrogens is 132 g/mol. The summed E-state index contributed by atoms with van der Waals surface area (Å²) in [6.45, 7) is 8.86. The molecule has 0 atom stereocenters. The molecule has 3 heteroatoms. The van der Waals surface area contributed by atoms with Gasteiger partial charge in [-0.05, 0) is 26.2 Å². The van der Waals surface area contributed by atoms with Gasteiger partial charge >= 0.3 is 0 Å². The molecule has 0 heterocycles. The zero-order valence-corrected chi connectivity index (χ0v) is 7.87. The van der Waals surface area contributed by atoms with Crippen molar-refractivity contribution in [2.75, 3.05) is 0 Å². The van der Waals surface area contributed by atoms with E-state index in [-0.39, 0.29) is 7.43 Å². The topological polar surface area (TPSA) is 9.23 Å². The maximum atomic E-state index is 5.53. The fourth-order valence-electron chi connectivity index (χ4n) is 0.544. The first-order valence-electron chi connectivity index (χ1n) is 2.78. The third-order valence-electron chi connectivity index (χ3n) is 0.544. The van der Waals surface area contributed by atoms with Gasteiger partial charge in [-0.3, -0.25) is 0 Å². The minimum absolute atomic E-state index is 0. The van der Waals surface area contributed by atoms with Gasteiger partial charge < -0.3 is 4.12 Å². The average molecular weight is 150 g/mol. The second-order valence-electron chi connectivity index (χ2n) is 2.23. The Labute approximate surface area is 56.5 Å². The molecule has 0 amide bonds. The van der Waals surface area contributed by atoms with Gasteiger partial charge in [0.2, 0.25) is 0 Å². The van der Waals surface area contributed by atoms with Gasteiger partial charge in [-0.2, -0.15) is 0 Å². The van der Waals surface area contributed by atoms with Crippen LogP contribution in [0.15, 0.2) is 0 Å². The highest BCUT2D eigenvalue weighted by atomic mass is 28.4. The average Bonchev–Trinajstić information content (AvgIpc) is 1.27. The van der Waals surface area contributed by atoms with Crippen molar-refractivity contribution in [1.29, 1.82) is 0 Å². The summed E-state index contributed by atoms with van der Waals surface area (Å²) < 4.78 is 5.53. The summed E-state index contributed by atoms with van der Waals surface area (Å²) in [7, 11) is -1.33. The summed E-state index contributed by atoms with van der Waals surface area (Å²) in [4.78, 5) is 0. The molecule has 52 valence electrons. The van der Waals surface area contributed by atoms with E-state index in [1.165, 1.54) is 0 Å². The quantitative estimate of drug-likeness (QED) is 0.543. The van der Waals surface area contributed by atoms with E-state index in [1.807, 2.05) is 0 Å². The van der Waals surface area contributed by atoms with E-state index in [4.69, 9.17) is 4.12 Å². The predicted octanol–water partition coefficient (Wildman–Crippen LogP) is 1.61. The zero-order valence-electron chi connectivity index (χ0n) is 5.56. The van der Waals surface area contributed by atoms with E-state index in [0.717, 1.165) is 0 Å². The Kier molecular flexibility index (Phi) is 7.76. The molecule has 1 nitrogen and oxygen atoms in total. The molecule has 0 radical (unpaired) electrons. The summed E-state index contributed by atoms with van der Waals surface area (Å²) in [5, 5.41) is 0. The maximum absolute atomic E-state index is 5.53. The zero-order chi connectivity index (χ0) is 5.86. The molecular formula is C5H18OSi2. The summed E-state index contributed by atoms with van der Waals surface area (Å²) >= 11 is 0. The fourth-order valence-corrected chi connectivity index (χ4v) is 4.90. The van der Waals surface area contributed by atoms with E-state index in [0.29, 0.717) is 0 Å². The van der Waals surface area contributed by atoms with Crippen molar-refractivity contribution in [1.82, 2.24) is 0 Å². The SMILES string of the molecule is C.C[SiH](C)O[SiH](C)C. The van der Waals surface area contributed by atoms with Crippen molar-refractivity contribution >= 4 is 18.1 Å². The van der Waals surface area contributed by atoms with E-state index in [2.05, 4.69) is 26.2 Å². The van der Waals surface area contributed by atoms with Gasteiger partial charge in [-0.1, -0.05) is 7.43 Å². The van der Waals surface area contributed by atoms with Crippen LogP contribution in [0.2, 0.25) is 26.2 Å². The van der Waals surface area contributed by atoms with E-state index >= 15 is 0 Å². The molecule has 0 rings (SSSR count). The fraction of sp³-hybridized carbons (Fsp3) is 1.00. The highest BCUT2D eigenvalue weighted by molar-refractivity contribution is 6.63. The van der Waals surface area contributed by atoms with Crippen molar-refractivity contribution in [2.45, 2.75) is 33.6 Å². The van der Waals surface area contributed by atoms with Gasteiger partial charge in [-0.15, -0.1) is 0 Å². The predicted molar refractivity (Wildman–Crippen MR) is 45.6 cm³/mol. The maximum Gasteiger partial charge on any atom is 0.156 e. The third kappa shape index (κ3) is 9.64. The van der Waals surface area contributed by atoms with Gasteiger partial charge in [0.15, 0.2) is 18.1 Å². The van der Waals surface area contributed by atoms with Crippen molar-refractivity contribution < 1.29 is 4.12 Å². The molecule has 8 heavy (non-hydrogen) atoms. The summed E-state index contributed by atoms with van der Waals surface area (Å²) in [6, 6.07) is 0. The summed E-state index contributed by atoms with van der Waals surface area (Å²) in [5.41, 5.74) is 0. The van der Waals surface area contributed by atoms with Gasteiger partial charge in [0, 0.05) is 0 Å². The van der Waals surface area contributed by atoms with Crippen LogP contribution in [-0.4, -0.2) is 18.1 Å². The second-order valence-corrected chi connectivity index (χ2v) is 7.52. The van der Waals surface area contributed by atoms with Crippen molar-refractivity contribution in [2.24, 2.45) is 0 Å². The lowest BCUT2D eigenvalue weighted by molar-refractivity contribution is 0.608. The Morgan fingerprint density at radius 2 is 1.12 bits per heavy atom. The highest BCUT2D eigenvalue weighted by Gasteiger charge is 1.97.